The van der Waals surface area contributed by atoms with E-state index in [2.05, 4.69) is 52.4 Å². The highest BCUT2D eigenvalue weighted by Gasteiger charge is 2.41. The van der Waals surface area contributed by atoms with Crippen LogP contribution in [0.3, 0.4) is 0 Å². The molecule has 0 bridgehead atoms. The molecule has 10 heteroatoms. The molecule has 2 aliphatic heterocycles. The first-order chi connectivity index (χ1) is 20.6. The second-order valence-corrected chi connectivity index (χ2v) is 11.3. The maximum absolute atomic E-state index is 13.9. The largest absolute Gasteiger partial charge is 0.478 e. The maximum Gasteiger partial charge on any atom is 0.434 e. The molecule has 0 amide bonds. The SMILES string of the molecule is C=CCN1CCC(CC=C)(c2ccc(-c3ccc(Cl)cc3C3=CCCC(n4ncc(C(=O)O)c4C(F)(F)F)=N3)cc2)CC1. The zero-order valence-corrected chi connectivity index (χ0v) is 24.3. The molecule has 1 fully saturated rings. The van der Waals surface area contributed by atoms with Crippen LogP contribution >= 0.6 is 11.6 Å². The normalized spacial score (nSPS) is 17.2. The molecular weight excluding hydrogens is 577 g/mol. The summed E-state index contributed by atoms with van der Waals surface area (Å²) < 4.78 is 42.3. The minimum absolute atomic E-state index is 0.000623. The second kappa shape index (κ2) is 12.3. The Balaban J connectivity index is 1.50. The fraction of sp³-hybridized carbons (Fsp3) is 0.303. The number of piperidine rings is 1. The molecule has 1 aromatic heterocycles. The van der Waals surface area contributed by atoms with Gasteiger partial charge in [-0.2, -0.15) is 18.3 Å². The van der Waals surface area contributed by atoms with Gasteiger partial charge in [0.2, 0.25) is 0 Å². The number of hydrogen-bond acceptors (Lipinski definition) is 4. The summed E-state index contributed by atoms with van der Waals surface area (Å²) in [5.74, 6) is -1.70. The van der Waals surface area contributed by atoms with Crippen molar-refractivity contribution in [3.63, 3.8) is 0 Å². The van der Waals surface area contributed by atoms with E-state index in [1.54, 1.807) is 12.1 Å². The van der Waals surface area contributed by atoms with Gasteiger partial charge in [-0.15, -0.1) is 13.2 Å². The van der Waals surface area contributed by atoms with Crippen molar-refractivity contribution < 1.29 is 23.1 Å². The zero-order valence-electron chi connectivity index (χ0n) is 23.6. The van der Waals surface area contributed by atoms with Crippen molar-refractivity contribution in [2.24, 2.45) is 4.99 Å². The minimum atomic E-state index is -4.93. The van der Waals surface area contributed by atoms with Crippen LogP contribution in [0.15, 0.2) is 85.0 Å². The number of likely N-dealkylation sites (tertiary alicyclic amines) is 1. The van der Waals surface area contributed by atoms with Gasteiger partial charge in [0.05, 0.1) is 11.9 Å². The van der Waals surface area contributed by atoms with Crippen molar-refractivity contribution in [1.29, 1.82) is 0 Å². The number of carbonyl (C=O) groups is 1. The van der Waals surface area contributed by atoms with Gasteiger partial charge in [-0.3, -0.25) is 4.90 Å². The Hall–Kier alpha value is -3.95. The van der Waals surface area contributed by atoms with Gasteiger partial charge in [-0.05, 0) is 67.6 Å². The lowest BCUT2D eigenvalue weighted by Gasteiger charge is -2.42. The van der Waals surface area contributed by atoms with Crippen LogP contribution in [0.1, 0.15) is 59.3 Å². The molecule has 2 aromatic carbocycles. The van der Waals surface area contributed by atoms with Crippen LogP contribution in [-0.4, -0.2) is 51.2 Å². The standard InChI is InChI=1S/C33H32ClF3N4O2/c1-3-14-32(15-18-40(17-4-2)19-16-32)23-10-8-22(9-11-23)25-13-12-24(34)20-26(25)28-6-5-7-29(39-28)41-30(33(35,36)37)27(21-38-41)31(42)43/h3-4,6,8-13,20-21H,1-2,5,7,14-19H2,(H,42,43). The van der Waals surface area contributed by atoms with Crippen molar-refractivity contribution in [3.05, 3.63) is 107 Å². The fourth-order valence-corrected chi connectivity index (χ4v) is 6.26. The molecular formula is C33H32ClF3N4O2. The maximum atomic E-state index is 13.9. The van der Waals surface area contributed by atoms with Crippen molar-refractivity contribution in [3.8, 4) is 11.1 Å². The number of carboxylic acid groups (broad SMARTS) is 1. The van der Waals surface area contributed by atoms with E-state index in [1.807, 2.05) is 24.3 Å². The number of aliphatic imine (C=N–C) groups is 1. The summed E-state index contributed by atoms with van der Waals surface area (Å²) in [6.45, 7) is 10.7. The molecule has 0 saturated carbocycles. The highest BCUT2D eigenvalue weighted by atomic mass is 35.5. The van der Waals surface area contributed by atoms with Crippen LogP contribution in [0.2, 0.25) is 5.02 Å². The van der Waals surface area contributed by atoms with Crippen LogP contribution in [0.4, 0.5) is 13.2 Å². The van der Waals surface area contributed by atoms with Gasteiger partial charge in [0.25, 0.3) is 0 Å². The van der Waals surface area contributed by atoms with E-state index in [9.17, 15) is 23.1 Å². The van der Waals surface area contributed by atoms with Gasteiger partial charge in [-0.25, -0.2) is 14.5 Å². The van der Waals surface area contributed by atoms with Crippen LogP contribution in [0, 0.1) is 0 Å². The molecule has 0 radical (unpaired) electrons. The lowest BCUT2D eigenvalue weighted by atomic mass is 9.70. The lowest BCUT2D eigenvalue weighted by Crippen LogP contribution is -2.42. The molecule has 0 aliphatic carbocycles. The van der Waals surface area contributed by atoms with Gasteiger partial charge < -0.3 is 5.11 Å². The third-order valence-electron chi connectivity index (χ3n) is 8.27. The Morgan fingerprint density at radius 3 is 2.42 bits per heavy atom. The van der Waals surface area contributed by atoms with Crippen molar-refractivity contribution >= 4 is 29.1 Å². The number of hydrogen-bond donors (Lipinski definition) is 1. The summed E-state index contributed by atoms with van der Waals surface area (Å²) in [6.07, 6.45) is 5.01. The smallest absolute Gasteiger partial charge is 0.434 e. The van der Waals surface area contributed by atoms with E-state index in [0.29, 0.717) is 33.6 Å². The van der Waals surface area contributed by atoms with Crippen LogP contribution in [0.25, 0.3) is 16.8 Å². The molecule has 6 nitrogen and oxygen atoms in total. The van der Waals surface area contributed by atoms with Crippen molar-refractivity contribution in [2.45, 2.75) is 43.7 Å². The first-order valence-electron chi connectivity index (χ1n) is 14.1. The zero-order chi connectivity index (χ0) is 30.8. The highest BCUT2D eigenvalue weighted by molar-refractivity contribution is 6.31. The number of halogens is 4. The van der Waals surface area contributed by atoms with Gasteiger partial charge in [0.15, 0.2) is 5.69 Å². The number of alkyl halides is 3. The number of aromatic nitrogens is 2. The average molecular weight is 609 g/mol. The molecule has 3 heterocycles. The molecule has 0 spiro atoms. The third kappa shape index (κ3) is 6.24. The number of aromatic carboxylic acids is 1. The first-order valence-corrected chi connectivity index (χ1v) is 14.5. The number of rotatable bonds is 8. The predicted octanol–water partition coefficient (Wildman–Crippen LogP) is 8.10. The Labute approximate surface area is 253 Å². The van der Waals surface area contributed by atoms with Crippen LogP contribution in [-0.2, 0) is 11.6 Å². The molecule has 224 valence electrons. The molecule has 5 rings (SSSR count). The van der Waals surface area contributed by atoms with E-state index >= 15 is 0 Å². The molecule has 0 unspecified atom stereocenters. The molecule has 1 saturated heterocycles. The van der Waals surface area contributed by atoms with Crippen molar-refractivity contribution in [1.82, 2.24) is 14.7 Å². The summed E-state index contributed by atoms with van der Waals surface area (Å²) in [7, 11) is 0. The van der Waals surface area contributed by atoms with E-state index in [4.69, 9.17) is 11.6 Å². The van der Waals surface area contributed by atoms with E-state index in [-0.39, 0.29) is 17.7 Å². The highest BCUT2D eigenvalue weighted by Crippen LogP contribution is 2.41. The van der Waals surface area contributed by atoms with Crippen molar-refractivity contribution in [2.75, 3.05) is 19.6 Å². The summed E-state index contributed by atoms with van der Waals surface area (Å²) in [5.41, 5.74) is 1.82. The summed E-state index contributed by atoms with van der Waals surface area (Å²) in [6, 6.07) is 13.8. The summed E-state index contributed by atoms with van der Waals surface area (Å²) >= 11 is 6.39. The van der Waals surface area contributed by atoms with E-state index in [0.717, 1.165) is 50.0 Å². The van der Waals surface area contributed by atoms with Crippen LogP contribution in [0.5, 0.6) is 0 Å². The molecule has 0 atom stereocenters. The summed E-state index contributed by atoms with van der Waals surface area (Å²) in [5, 5.41) is 13.5. The number of benzene rings is 2. The first kappa shape index (κ1) is 30.5. The molecule has 3 aromatic rings. The molecule has 1 N–H and O–H groups in total. The Morgan fingerprint density at radius 1 is 1.07 bits per heavy atom. The topological polar surface area (TPSA) is 70.7 Å². The number of carboxylic acids is 1. The quantitative estimate of drug-likeness (QED) is 0.262. The van der Waals surface area contributed by atoms with Gasteiger partial charge in [-0.1, -0.05) is 60.2 Å². The van der Waals surface area contributed by atoms with Gasteiger partial charge in [0.1, 0.15) is 11.4 Å². The number of allylic oxidation sites excluding steroid dienone is 2. The van der Waals surface area contributed by atoms with E-state index in [1.165, 1.54) is 5.56 Å². The van der Waals surface area contributed by atoms with Gasteiger partial charge in [0, 0.05) is 29.0 Å². The minimum Gasteiger partial charge on any atom is -0.478 e. The molecule has 2 aliphatic rings. The summed E-state index contributed by atoms with van der Waals surface area (Å²) in [4.78, 5) is 18.4. The van der Waals surface area contributed by atoms with Gasteiger partial charge >= 0.3 is 12.1 Å². The van der Waals surface area contributed by atoms with Crippen LogP contribution < -0.4 is 0 Å². The Kier molecular flexibility index (Phi) is 8.76. The average Bonchev–Trinajstić information content (AvgIpc) is 3.46. The second-order valence-electron chi connectivity index (χ2n) is 10.9. The number of nitrogens with zero attached hydrogens (tertiary/aromatic N) is 4. The van der Waals surface area contributed by atoms with E-state index < -0.39 is 23.4 Å². The predicted molar refractivity (Wildman–Crippen MR) is 163 cm³/mol. The Bertz CT molecular complexity index is 1600. The third-order valence-corrected chi connectivity index (χ3v) is 8.50. The lowest BCUT2D eigenvalue weighted by molar-refractivity contribution is -0.143. The molecule has 43 heavy (non-hydrogen) atoms. The Morgan fingerprint density at radius 2 is 1.79 bits per heavy atom. The monoisotopic (exact) mass is 608 g/mol. The fourth-order valence-electron chi connectivity index (χ4n) is 6.09.